The molecule has 4 aliphatic rings. The number of carbonyl (C=O) groups excluding carboxylic acids is 1. The minimum absolute atomic E-state index is 0.125. The topological polar surface area (TPSA) is 83.5 Å². The average molecular weight is 394 g/mol. The number of hydrogen-bond donors (Lipinski definition) is 1. The molecule has 7 nitrogen and oxygen atoms in total. The summed E-state index contributed by atoms with van der Waals surface area (Å²) in [6.45, 7) is 0.185. The molecule has 0 aromatic heterocycles. The van der Waals surface area contributed by atoms with Crippen molar-refractivity contribution in [1.82, 2.24) is 0 Å². The highest BCUT2D eigenvalue weighted by Crippen LogP contribution is 2.61. The number of ketones is 1. The summed E-state index contributed by atoms with van der Waals surface area (Å²) in [5.41, 5.74) is 2.28. The van der Waals surface area contributed by atoms with E-state index < -0.39 is 11.6 Å². The second-order valence-corrected chi connectivity index (χ2v) is 7.58. The number of aromatic hydroxyl groups is 1. The number of phenolic OH excluding ortho intramolecular Hbond substituents is 1. The standard InChI is InChI=1S/C22H18O7/c1-25-11-26-15-8-10-21-19-12(15)3-2-4-16(19)27-22(29-21)9-7-14(24)18-13(23)5-6-17(28-21)20(18)22/h2-7,9,15,23H,8,10-11H2,1H3/t15-,21+,22+/m0/s1. The summed E-state index contributed by atoms with van der Waals surface area (Å²) in [5.74, 6) is -1.75. The van der Waals surface area contributed by atoms with Crippen LogP contribution in [0.5, 0.6) is 17.2 Å². The second-order valence-electron chi connectivity index (χ2n) is 7.58. The fourth-order valence-corrected chi connectivity index (χ4v) is 4.84. The Labute approximate surface area is 166 Å². The third kappa shape index (κ3) is 2.09. The van der Waals surface area contributed by atoms with Gasteiger partial charge in [-0.2, -0.15) is 0 Å². The molecule has 29 heavy (non-hydrogen) atoms. The molecular weight excluding hydrogens is 376 g/mol. The van der Waals surface area contributed by atoms with Crippen LogP contribution in [0.2, 0.25) is 0 Å². The fraction of sp³-hybridized carbons (Fsp3) is 0.318. The highest BCUT2D eigenvalue weighted by molar-refractivity contribution is 6.09. The van der Waals surface area contributed by atoms with Crippen molar-refractivity contribution in [2.45, 2.75) is 30.5 Å². The van der Waals surface area contributed by atoms with Gasteiger partial charge in [0.15, 0.2) is 5.78 Å². The number of rotatable bonds is 3. The zero-order valence-electron chi connectivity index (χ0n) is 15.6. The number of benzene rings is 2. The van der Waals surface area contributed by atoms with Crippen LogP contribution >= 0.6 is 0 Å². The molecule has 0 saturated carbocycles. The van der Waals surface area contributed by atoms with E-state index in [1.165, 1.54) is 12.1 Å². The number of allylic oxidation sites excluding steroid dienone is 1. The third-order valence-electron chi connectivity index (χ3n) is 5.96. The molecule has 2 bridgehead atoms. The summed E-state index contributed by atoms with van der Waals surface area (Å²) in [4.78, 5) is 12.5. The van der Waals surface area contributed by atoms with E-state index in [4.69, 9.17) is 23.7 Å². The van der Waals surface area contributed by atoms with Crippen molar-refractivity contribution in [3.05, 3.63) is 64.7 Å². The summed E-state index contributed by atoms with van der Waals surface area (Å²) in [6, 6.07) is 8.86. The van der Waals surface area contributed by atoms with E-state index in [0.717, 1.165) is 11.1 Å². The number of ether oxygens (including phenoxy) is 5. The summed E-state index contributed by atoms with van der Waals surface area (Å²) in [6.07, 6.45) is 4.02. The normalized spacial score (nSPS) is 30.1. The Morgan fingerprint density at radius 3 is 2.90 bits per heavy atom. The van der Waals surface area contributed by atoms with Crippen LogP contribution < -0.4 is 9.47 Å². The molecule has 0 radical (unpaired) electrons. The van der Waals surface area contributed by atoms with Crippen molar-refractivity contribution in [2.24, 2.45) is 0 Å². The largest absolute Gasteiger partial charge is 0.507 e. The van der Waals surface area contributed by atoms with E-state index in [1.54, 1.807) is 19.3 Å². The molecule has 7 heteroatoms. The Kier molecular flexibility index (Phi) is 3.29. The van der Waals surface area contributed by atoms with Crippen LogP contribution in [-0.4, -0.2) is 24.8 Å². The lowest BCUT2D eigenvalue weighted by Gasteiger charge is -2.54. The number of methoxy groups -OCH3 is 1. The fourth-order valence-electron chi connectivity index (χ4n) is 4.84. The molecular formula is C22H18O7. The third-order valence-corrected chi connectivity index (χ3v) is 5.96. The van der Waals surface area contributed by atoms with Crippen molar-refractivity contribution < 1.29 is 33.6 Å². The van der Waals surface area contributed by atoms with Crippen LogP contribution in [0.15, 0.2) is 42.5 Å². The van der Waals surface area contributed by atoms with Crippen LogP contribution in [0.4, 0.5) is 0 Å². The van der Waals surface area contributed by atoms with Gasteiger partial charge in [-0.1, -0.05) is 12.1 Å². The van der Waals surface area contributed by atoms with E-state index in [2.05, 4.69) is 0 Å². The first-order valence-corrected chi connectivity index (χ1v) is 9.49. The SMILES string of the molecule is COCO[C@H]1CC[C@]23Oc4ccc(O)c5c4[C@](C=CC5=O)(Oc4cccc1c42)O3. The first-order chi connectivity index (χ1) is 14.1. The Morgan fingerprint density at radius 1 is 1.17 bits per heavy atom. The predicted octanol–water partition coefficient (Wildman–Crippen LogP) is 3.41. The van der Waals surface area contributed by atoms with E-state index in [9.17, 15) is 9.90 Å². The predicted molar refractivity (Wildman–Crippen MR) is 98.7 cm³/mol. The molecule has 0 fully saturated rings. The molecule has 3 atom stereocenters. The molecule has 2 aliphatic carbocycles. The minimum atomic E-state index is -1.33. The maximum Gasteiger partial charge on any atom is 0.265 e. The quantitative estimate of drug-likeness (QED) is 0.799. The van der Waals surface area contributed by atoms with Gasteiger partial charge < -0.3 is 24.1 Å². The molecule has 0 saturated heterocycles. The molecule has 2 spiro atoms. The Bertz CT molecular complexity index is 1090. The second kappa shape index (κ2) is 5.60. The molecule has 148 valence electrons. The summed E-state index contributed by atoms with van der Waals surface area (Å²) in [5, 5.41) is 10.3. The highest BCUT2D eigenvalue weighted by Gasteiger charge is 2.61. The lowest BCUT2D eigenvalue weighted by molar-refractivity contribution is -0.346. The van der Waals surface area contributed by atoms with Crippen molar-refractivity contribution in [2.75, 3.05) is 13.9 Å². The summed E-state index contributed by atoms with van der Waals surface area (Å²) >= 11 is 0. The zero-order chi connectivity index (χ0) is 19.8. The average Bonchev–Trinajstić information content (AvgIpc) is 2.72. The van der Waals surface area contributed by atoms with Gasteiger partial charge in [0, 0.05) is 13.5 Å². The van der Waals surface area contributed by atoms with Gasteiger partial charge >= 0.3 is 0 Å². The molecule has 6 rings (SSSR count). The zero-order valence-corrected chi connectivity index (χ0v) is 15.6. The van der Waals surface area contributed by atoms with Crippen molar-refractivity contribution in [3.8, 4) is 17.2 Å². The van der Waals surface area contributed by atoms with Crippen molar-refractivity contribution >= 4 is 5.78 Å². The summed E-state index contributed by atoms with van der Waals surface area (Å²) < 4.78 is 30.2. The maximum absolute atomic E-state index is 12.5. The van der Waals surface area contributed by atoms with E-state index >= 15 is 0 Å². The molecule has 2 aromatic carbocycles. The Hall–Kier alpha value is -2.87. The van der Waals surface area contributed by atoms with Crippen LogP contribution in [0.1, 0.15) is 46.0 Å². The van der Waals surface area contributed by atoms with Gasteiger partial charge in [-0.25, -0.2) is 0 Å². The molecule has 2 aliphatic heterocycles. The van der Waals surface area contributed by atoms with Crippen LogP contribution in [0, 0.1) is 0 Å². The molecule has 0 unspecified atom stereocenters. The van der Waals surface area contributed by atoms with Crippen LogP contribution in [0.3, 0.4) is 0 Å². The van der Waals surface area contributed by atoms with Gasteiger partial charge in [-0.05, 0) is 42.3 Å². The monoisotopic (exact) mass is 394 g/mol. The smallest absolute Gasteiger partial charge is 0.265 e. The Morgan fingerprint density at radius 2 is 2.03 bits per heavy atom. The number of carbonyl (C=O) groups is 1. The van der Waals surface area contributed by atoms with Gasteiger partial charge in [0.1, 0.15) is 24.0 Å². The van der Waals surface area contributed by atoms with Crippen LogP contribution in [0.25, 0.3) is 0 Å². The van der Waals surface area contributed by atoms with Crippen molar-refractivity contribution in [1.29, 1.82) is 0 Å². The molecule has 2 heterocycles. The van der Waals surface area contributed by atoms with Gasteiger partial charge in [0.05, 0.1) is 22.8 Å². The van der Waals surface area contributed by atoms with Gasteiger partial charge in [0.25, 0.3) is 5.79 Å². The minimum Gasteiger partial charge on any atom is -0.507 e. The van der Waals surface area contributed by atoms with E-state index in [1.807, 2.05) is 18.2 Å². The Balaban J connectivity index is 1.58. The van der Waals surface area contributed by atoms with E-state index in [0.29, 0.717) is 29.9 Å². The molecule has 2 aromatic rings. The molecule has 1 N–H and O–H groups in total. The number of hydrogen-bond acceptors (Lipinski definition) is 7. The van der Waals surface area contributed by atoms with Gasteiger partial charge in [-0.15, -0.1) is 0 Å². The first-order valence-electron chi connectivity index (χ1n) is 9.49. The lowest BCUT2D eigenvalue weighted by Crippen LogP contribution is -2.57. The first kappa shape index (κ1) is 17.0. The number of phenols is 1. The van der Waals surface area contributed by atoms with E-state index in [-0.39, 0.29) is 30.0 Å². The van der Waals surface area contributed by atoms with Gasteiger partial charge in [0.2, 0.25) is 5.79 Å². The van der Waals surface area contributed by atoms with Crippen LogP contribution in [-0.2, 0) is 25.8 Å². The lowest BCUT2D eigenvalue weighted by atomic mass is 9.79. The highest BCUT2D eigenvalue weighted by atomic mass is 16.8. The van der Waals surface area contributed by atoms with Gasteiger partial charge in [-0.3, -0.25) is 9.53 Å². The molecule has 0 amide bonds. The van der Waals surface area contributed by atoms with Crippen molar-refractivity contribution in [3.63, 3.8) is 0 Å². The summed E-state index contributed by atoms with van der Waals surface area (Å²) in [7, 11) is 1.59. The maximum atomic E-state index is 12.5.